The van der Waals surface area contributed by atoms with Crippen molar-refractivity contribution in [3.8, 4) is 0 Å². The van der Waals surface area contributed by atoms with Gasteiger partial charge in [-0.2, -0.15) is 0 Å². The van der Waals surface area contributed by atoms with Gasteiger partial charge in [-0.15, -0.1) is 0 Å². The molecule has 1 saturated carbocycles. The number of hydrogen-bond donors (Lipinski definition) is 3. The van der Waals surface area contributed by atoms with E-state index in [1.54, 1.807) is 19.1 Å². The summed E-state index contributed by atoms with van der Waals surface area (Å²) >= 11 is 0. The molecule has 0 heterocycles. The molecule has 0 bridgehead atoms. The standard InChI is InChI=1S/C13H17NO3/c1-9-7-10(3-4-11(9)12(16)17)14-13(8-15)5-2-6-13/h3-4,7,14-15H,2,5-6,8H2,1H3,(H,16,17). The summed E-state index contributed by atoms with van der Waals surface area (Å²) in [6, 6.07) is 5.18. The first-order chi connectivity index (χ1) is 8.06. The van der Waals surface area contributed by atoms with Crippen LogP contribution in [-0.4, -0.2) is 28.3 Å². The van der Waals surface area contributed by atoms with E-state index in [0.717, 1.165) is 30.5 Å². The van der Waals surface area contributed by atoms with E-state index in [-0.39, 0.29) is 12.1 Å². The summed E-state index contributed by atoms with van der Waals surface area (Å²) in [6.07, 6.45) is 3.05. The van der Waals surface area contributed by atoms with Crippen LogP contribution in [-0.2, 0) is 0 Å². The number of nitrogens with one attached hydrogen (secondary N) is 1. The van der Waals surface area contributed by atoms with Crippen molar-refractivity contribution in [3.63, 3.8) is 0 Å². The number of aromatic carboxylic acids is 1. The molecular formula is C13H17NO3. The van der Waals surface area contributed by atoms with Crippen LogP contribution in [0.2, 0.25) is 0 Å². The Morgan fingerprint density at radius 2 is 2.18 bits per heavy atom. The Morgan fingerprint density at radius 1 is 1.47 bits per heavy atom. The molecule has 2 rings (SSSR count). The molecule has 1 aliphatic rings. The minimum absolute atomic E-state index is 0.118. The molecule has 1 aromatic carbocycles. The minimum Gasteiger partial charge on any atom is -0.478 e. The van der Waals surface area contributed by atoms with Crippen molar-refractivity contribution in [2.75, 3.05) is 11.9 Å². The Labute approximate surface area is 100 Å². The summed E-state index contributed by atoms with van der Waals surface area (Å²) in [5.41, 5.74) is 1.73. The number of aliphatic hydroxyl groups excluding tert-OH is 1. The first-order valence-corrected chi connectivity index (χ1v) is 5.79. The number of carbonyl (C=O) groups is 1. The second kappa shape index (κ2) is 4.37. The quantitative estimate of drug-likeness (QED) is 0.746. The fourth-order valence-corrected chi connectivity index (χ4v) is 2.21. The smallest absolute Gasteiger partial charge is 0.335 e. The average molecular weight is 235 g/mol. The molecule has 3 N–H and O–H groups in total. The summed E-state index contributed by atoms with van der Waals surface area (Å²) in [5.74, 6) is -0.908. The zero-order chi connectivity index (χ0) is 12.5. The highest BCUT2D eigenvalue weighted by molar-refractivity contribution is 5.89. The van der Waals surface area contributed by atoms with Crippen LogP contribution in [0.3, 0.4) is 0 Å². The topological polar surface area (TPSA) is 69.6 Å². The second-order valence-corrected chi connectivity index (χ2v) is 4.75. The zero-order valence-corrected chi connectivity index (χ0v) is 9.86. The summed E-state index contributed by atoms with van der Waals surface area (Å²) in [5, 5.41) is 21.6. The normalized spacial score (nSPS) is 17.3. The second-order valence-electron chi connectivity index (χ2n) is 4.75. The van der Waals surface area contributed by atoms with Gasteiger partial charge in [0, 0.05) is 5.69 Å². The van der Waals surface area contributed by atoms with Crippen molar-refractivity contribution in [2.45, 2.75) is 31.7 Å². The van der Waals surface area contributed by atoms with Gasteiger partial charge >= 0.3 is 5.97 Å². The van der Waals surface area contributed by atoms with Crippen LogP contribution in [0.1, 0.15) is 35.2 Å². The van der Waals surface area contributed by atoms with Crippen LogP contribution in [0.25, 0.3) is 0 Å². The van der Waals surface area contributed by atoms with E-state index in [1.165, 1.54) is 0 Å². The first-order valence-electron chi connectivity index (χ1n) is 5.79. The van der Waals surface area contributed by atoms with Gasteiger partial charge in [0.1, 0.15) is 0 Å². The van der Waals surface area contributed by atoms with Gasteiger partial charge in [0.2, 0.25) is 0 Å². The molecular weight excluding hydrogens is 218 g/mol. The highest BCUT2D eigenvalue weighted by Gasteiger charge is 2.36. The third kappa shape index (κ3) is 2.26. The Morgan fingerprint density at radius 3 is 2.59 bits per heavy atom. The summed E-state index contributed by atoms with van der Waals surface area (Å²) < 4.78 is 0. The van der Waals surface area contributed by atoms with E-state index >= 15 is 0 Å². The number of aryl methyl sites for hydroxylation is 1. The van der Waals surface area contributed by atoms with Gasteiger partial charge in [0.05, 0.1) is 17.7 Å². The summed E-state index contributed by atoms with van der Waals surface area (Å²) in [7, 11) is 0. The Balaban J connectivity index is 2.17. The summed E-state index contributed by atoms with van der Waals surface area (Å²) in [4.78, 5) is 10.9. The fourth-order valence-electron chi connectivity index (χ4n) is 2.21. The maximum atomic E-state index is 10.9. The first kappa shape index (κ1) is 11.9. The van der Waals surface area contributed by atoms with Gasteiger partial charge in [-0.1, -0.05) is 0 Å². The van der Waals surface area contributed by atoms with Gasteiger partial charge < -0.3 is 15.5 Å². The van der Waals surface area contributed by atoms with Crippen molar-refractivity contribution in [3.05, 3.63) is 29.3 Å². The maximum Gasteiger partial charge on any atom is 0.335 e. The third-order valence-electron chi connectivity index (χ3n) is 3.48. The number of anilines is 1. The third-order valence-corrected chi connectivity index (χ3v) is 3.48. The van der Waals surface area contributed by atoms with Crippen molar-refractivity contribution in [2.24, 2.45) is 0 Å². The number of carboxylic acids is 1. The molecule has 0 saturated heterocycles. The van der Waals surface area contributed by atoms with Crippen LogP contribution < -0.4 is 5.32 Å². The lowest BCUT2D eigenvalue weighted by atomic mass is 9.77. The SMILES string of the molecule is Cc1cc(NC2(CO)CCC2)ccc1C(=O)O. The van der Waals surface area contributed by atoms with Crippen LogP contribution in [0.15, 0.2) is 18.2 Å². The average Bonchev–Trinajstić information content (AvgIpc) is 2.23. The maximum absolute atomic E-state index is 10.9. The Bertz CT molecular complexity index is 433. The molecule has 0 amide bonds. The molecule has 1 aliphatic carbocycles. The van der Waals surface area contributed by atoms with Crippen molar-refractivity contribution < 1.29 is 15.0 Å². The van der Waals surface area contributed by atoms with E-state index in [2.05, 4.69) is 5.32 Å². The summed E-state index contributed by atoms with van der Waals surface area (Å²) in [6.45, 7) is 1.90. The van der Waals surface area contributed by atoms with E-state index < -0.39 is 5.97 Å². The van der Waals surface area contributed by atoms with Crippen LogP contribution in [0, 0.1) is 6.92 Å². The van der Waals surface area contributed by atoms with Crippen LogP contribution >= 0.6 is 0 Å². The zero-order valence-electron chi connectivity index (χ0n) is 9.86. The predicted molar refractivity (Wildman–Crippen MR) is 65.4 cm³/mol. The molecule has 0 spiro atoms. The van der Waals surface area contributed by atoms with Crippen LogP contribution in [0.5, 0.6) is 0 Å². The molecule has 17 heavy (non-hydrogen) atoms. The predicted octanol–water partition coefficient (Wildman–Crippen LogP) is 2.02. The lowest BCUT2D eigenvalue weighted by molar-refractivity contribution is 0.0696. The molecule has 0 radical (unpaired) electrons. The van der Waals surface area contributed by atoms with Crippen molar-refractivity contribution in [1.29, 1.82) is 0 Å². The van der Waals surface area contributed by atoms with Crippen molar-refractivity contribution in [1.82, 2.24) is 0 Å². The molecule has 0 atom stereocenters. The molecule has 4 heteroatoms. The van der Waals surface area contributed by atoms with E-state index in [1.807, 2.05) is 6.07 Å². The van der Waals surface area contributed by atoms with Crippen LogP contribution in [0.4, 0.5) is 5.69 Å². The van der Waals surface area contributed by atoms with Crippen molar-refractivity contribution >= 4 is 11.7 Å². The fraction of sp³-hybridized carbons (Fsp3) is 0.462. The molecule has 4 nitrogen and oxygen atoms in total. The molecule has 1 aromatic rings. The lowest BCUT2D eigenvalue weighted by Gasteiger charge is -2.42. The number of rotatable bonds is 4. The number of aliphatic hydroxyl groups is 1. The van der Waals surface area contributed by atoms with Gasteiger partial charge in [0.15, 0.2) is 0 Å². The highest BCUT2D eigenvalue weighted by atomic mass is 16.4. The van der Waals surface area contributed by atoms with E-state index in [0.29, 0.717) is 5.56 Å². The minimum atomic E-state index is -0.908. The molecule has 0 unspecified atom stereocenters. The monoisotopic (exact) mass is 235 g/mol. The number of carboxylic acid groups (broad SMARTS) is 1. The van der Waals surface area contributed by atoms with Gasteiger partial charge in [-0.3, -0.25) is 0 Å². The highest BCUT2D eigenvalue weighted by Crippen LogP contribution is 2.35. The molecule has 0 aromatic heterocycles. The number of hydrogen-bond acceptors (Lipinski definition) is 3. The number of benzene rings is 1. The van der Waals surface area contributed by atoms with Gasteiger partial charge in [-0.05, 0) is 49.9 Å². The van der Waals surface area contributed by atoms with Gasteiger partial charge in [-0.25, -0.2) is 4.79 Å². The van der Waals surface area contributed by atoms with Gasteiger partial charge in [0.25, 0.3) is 0 Å². The Hall–Kier alpha value is -1.55. The largest absolute Gasteiger partial charge is 0.478 e. The molecule has 0 aliphatic heterocycles. The molecule has 92 valence electrons. The van der Waals surface area contributed by atoms with E-state index in [4.69, 9.17) is 5.11 Å². The molecule has 1 fully saturated rings. The Kier molecular flexibility index (Phi) is 3.07. The van der Waals surface area contributed by atoms with E-state index in [9.17, 15) is 9.90 Å². The lowest BCUT2D eigenvalue weighted by Crippen LogP contribution is -2.48.